The van der Waals surface area contributed by atoms with Gasteiger partial charge in [-0.05, 0) is 29.4 Å². The van der Waals surface area contributed by atoms with Crippen LogP contribution in [0.3, 0.4) is 0 Å². The number of non-ortho nitro benzene ring substituents is 2. The molecule has 0 atom stereocenters. The molecular weight excluding hydrogens is 436 g/mol. The van der Waals surface area contributed by atoms with Gasteiger partial charge in [-0.2, -0.15) is 10.1 Å². The van der Waals surface area contributed by atoms with Crippen molar-refractivity contribution in [2.75, 3.05) is 0 Å². The summed E-state index contributed by atoms with van der Waals surface area (Å²) in [6.45, 7) is 0. The van der Waals surface area contributed by atoms with Gasteiger partial charge in [-0.1, -0.05) is 29.6 Å². The number of nitrogens with zero attached hydrogens (tertiary/aromatic N) is 4. The lowest BCUT2D eigenvalue weighted by Gasteiger charge is -2.11. The lowest BCUT2D eigenvalue weighted by Crippen LogP contribution is -2.22. The van der Waals surface area contributed by atoms with E-state index in [4.69, 9.17) is 12.2 Å². The average Bonchev–Trinajstić information content (AvgIpc) is 2.95. The SMILES string of the molecule is O=C1/C(=C/c2cc([N+](=O)[O-])ccc2[O-])SC(=S)N1N=Cc1cc([N+](=O)[O-])ccc1[O-]. The highest BCUT2D eigenvalue weighted by atomic mass is 32.2. The molecule has 0 radical (unpaired) electrons. The fourth-order valence-electron chi connectivity index (χ4n) is 2.33. The minimum absolute atomic E-state index is 0.00358. The fourth-order valence-corrected chi connectivity index (χ4v) is 3.50. The van der Waals surface area contributed by atoms with E-state index in [-0.39, 0.29) is 31.7 Å². The summed E-state index contributed by atoms with van der Waals surface area (Å²) in [4.78, 5) is 32.9. The average molecular weight is 444 g/mol. The number of carbonyl (C=O) groups excluding carboxylic acids is 1. The van der Waals surface area contributed by atoms with Gasteiger partial charge in [0.1, 0.15) is 0 Å². The Labute approximate surface area is 177 Å². The predicted molar refractivity (Wildman–Crippen MR) is 108 cm³/mol. The van der Waals surface area contributed by atoms with Crippen molar-refractivity contribution in [2.24, 2.45) is 5.10 Å². The maximum atomic E-state index is 12.5. The van der Waals surface area contributed by atoms with E-state index in [0.29, 0.717) is 0 Å². The number of thioether (sulfide) groups is 1. The first-order chi connectivity index (χ1) is 14.2. The summed E-state index contributed by atoms with van der Waals surface area (Å²) >= 11 is 5.87. The molecule has 0 saturated carbocycles. The highest BCUT2D eigenvalue weighted by Gasteiger charge is 2.32. The molecule has 0 spiro atoms. The number of hydrogen-bond acceptors (Lipinski definition) is 10. The van der Waals surface area contributed by atoms with Crippen molar-refractivity contribution in [3.05, 3.63) is 72.7 Å². The summed E-state index contributed by atoms with van der Waals surface area (Å²) in [6, 6.07) is 6.15. The summed E-state index contributed by atoms with van der Waals surface area (Å²) in [5.74, 6) is -1.79. The monoisotopic (exact) mass is 444 g/mol. The van der Waals surface area contributed by atoms with Crippen molar-refractivity contribution < 1.29 is 24.9 Å². The van der Waals surface area contributed by atoms with Gasteiger partial charge in [0.2, 0.25) is 0 Å². The first-order valence-electron chi connectivity index (χ1n) is 7.90. The highest BCUT2D eigenvalue weighted by molar-refractivity contribution is 8.26. The molecule has 0 unspecified atom stereocenters. The van der Waals surface area contributed by atoms with Crippen molar-refractivity contribution in [3.63, 3.8) is 0 Å². The summed E-state index contributed by atoms with van der Waals surface area (Å²) in [5.41, 5.74) is -0.838. The molecule has 0 aliphatic carbocycles. The molecule has 152 valence electrons. The van der Waals surface area contributed by atoms with Crippen molar-refractivity contribution in [2.45, 2.75) is 0 Å². The number of amides is 1. The Morgan fingerprint density at radius 3 is 2.07 bits per heavy atom. The molecule has 1 aliphatic heterocycles. The quantitative estimate of drug-likeness (QED) is 0.220. The zero-order valence-electron chi connectivity index (χ0n) is 14.6. The molecule has 2 aromatic carbocycles. The zero-order valence-corrected chi connectivity index (χ0v) is 16.2. The van der Waals surface area contributed by atoms with Gasteiger partial charge >= 0.3 is 0 Å². The first-order valence-corrected chi connectivity index (χ1v) is 9.12. The lowest BCUT2D eigenvalue weighted by molar-refractivity contribution is -0.385. The second-order valence-corrected chi connectivity index (χ2v) is 7.37. The largest absolute Gasteiger partial charge is 0.872 e. The van der Waals surface area contributed by atoms with Crippen molar-refractivity contribution in [1.29, 1.82) is 0 Å². The summed E-state index contributed by atoms with van der Waals surface area (Å²) in [6.07, 6.45) is 2.13. The molecule has 1 fully saturated rings. The molecular formula is C17H8N4O7S2-2. The highest BCUT2D eigenvalue weighted by Crippen LogP contribution is 2.34. The van der Waals surface area contributed by atoms with Crippen LogP contribution in [0.15, 0.2) is 46.4 Å². The van der Waals surface area contributed by atoms with Gasteiger partial charge in [-0.3, -0.25) is 25.0 Å². The van der Waals surface area contributed by atoms with Crippen LogP contribution in [0.25, 0.3) is 6.08 Å². The molecule has 1 aliphatic rings. The van der Waals surface area contributed by atoms with E-state index >= 15 is 0 Å². The van der Waals surface area contributed by atoms with Gasteiger partial charge in [0.05, 0.1) is 21.0 Å². The number of carbonyl (C=O) groups is 1. The maximum Gasteiger partial charge on any atom is 0.286 e. The molecule has 0 N–H and O–H groups in total. The van der Waals surface area contributed by atoms with Crippen molar-refractivity contribution in [1.82, 2.24) is 5.01 Å². The van der Waals surface area contributed by atoms with Crippen LogP contribution in [0.5, 0.6) is 11.5 Å². The normalized spacial score (nSPS) is 15.3. The predicted octanol–water partition coefficient (Wildman–Crippen LogP) is 1.89. The third kappa shape index (κ3) is 4.26. The molecule has 2 aromatic rings. The Morgan fingerprint density at radius 2 is 1.50 bits per heavy atom. The maximum absolute atomic E-state index is 12.5. The third-order valence-corrected chi connectivity index (χ3v) is 5.06. The van der Waals surface area contributed by atoms with E-state index in [2.05, 4.69) is 5.10 Å². The molecule has 1 heterocycles. The van der Waals surface area contributed by atoms with Gasteiger partial charge in [0.15, 0.2) is 4.32 Å². The standard InChI is InChI=1S/C17H10N4O7S2/c22-13-3-1-11(20(25)26)5-9(13)7-15-16(24)19(17(29)30-15)18-8-10-6-12(21(27)28)2-4-14(10)23/h1-8,22-23H/p-2/b15-7-,18-8?. The topological polar surface area (TPSA) is 165 Å². The van der Waals surface area contributed by atoms with Crippen LogP contribution in [-0.2, 0) is 4.79 Å². The van der Waals surface area contributed by atoms with Gasteiger partial charge < -0.3 is 10.2 Å². The molecule has 1 saturated heterocycles. The van der Waals surface area contributed by atoms with E-state index < -0.39 is 27.3 Å². The van der Waals surface area contributed by atoms with Crippen molar-refractivity contribution >= 4 is 57.9 Å². The van der Waals surface area contributed by atoms with Crippen LogP contribution in [0, 0.1) is 20.2 Å². The number of rotatable bonds is 5. The lowest BCUT2D eigenvalue weighted by atomic mass is 10.1. The number of nitro groups is 2. The zero-order chi connectivity index (χ0) is 22.0. The second-order valence-electron chi connectivity index (χ2n) is 5.70. The number of hydrogen-bond donors (Lipinski definition) is 0. The van der Waals surface area contributed by atoms with E-state index in [1.54, 1.807) is 0 Å². The first kappa shape index (κ1) is 20.9. The van der Waals surface area contributed by atoms with Crippen LogP contribution in [0.1, 0.15) is 11.1 Å². The molecule has 13 heteroatoms. The number of thiocarbonyl (C=S) groups is 1. The van der Waals surface area contributed by atoms with Crippen LogP contribution < -0.4 is 10.2 Å². The van der Waals surface area contributed by atoms with Crippen LogP contribution >= 0.6 is 24.0 Å². The van der Waals surface area contributed by atoms with Crippen LogP contribution in [0.4, 0.5) is 11.4 Å². The van der Waals surface area contributed by atoms with Gasteiger partial charge in [-0.25, -0.2) is 0 Å². The third-order valence-electron chi connectivity index (χ3n) is 3.78. The number of nitro benzene ring substituents is 2. The number of benzene rings is 2. The summed E-state index contributed by atoms with van der Waals surface area (Å²) in [5, 5.41) is 50.1. The van der Waals surface area contributed by atoms with Gasteiger partial charge in [0, 0.05) is 24.3 Å². The number of hydrazone groups is 1. The summed E-state index contributed by atoms with van der Waals surface area (Å²) in [7, 11) is 0. The van der Waals surface area contributed by atoms with E-state index in [9.17, 15) is 35.2 Å². The Bertz CT molecular complexity index is 1160. The Kier molecular flexibility index (Phi) is 5.75. The fraction of sp³-hybridized carbons (Fsp3) is 0. The van der Waals surface area contributed by atoms with Gasteiger partial charge in [-0.15, -0.1) is 5.75 Å². The minimum atomic E-state index is -0.718. The smallest absolute Gasteiger partial charge is 0.286 e. The van der Waals surface area contributed by atoms with Crippen molar-refractivity contribution in [3.8, 4) is 11.5 Å². The molecule has 0 bridgehead atoms. The van der Waals surface area contributed by atoms with E-state index in [1.807, 2.05) is 0 Å². The Hall–Kier alpha value is -3.84. The van der Waals surface area contributed by atoms with Crippen LogP contribution in [0.2, 0.25) is 0 Å². The Balaban J connectivity index is 1.89. The molecule has 11 nitrogen and oxygen atoms in total. The minimum Gasteiger partial charge on any atom is -0.872 e. The van der Waals surface area contributed by atoms with Crippen LogP contribution in [-0.4, -0.2) is 31.3 Å². The molecule has 30 heavy (non-hydrogen) atoms. The molecule has 0 aromatic heterocycles. The van der Waals surface area contributed by atoms with Gasteiger partial charge in [0.25, 0.3) is 17.3 Å². The molecule has 3 rings (SSSR count). The van der Waals surface area contributed by atoms with E-state index in [1.165, 1.54) is 0 Å². The van der Waals surface area contributed by atoms with E-state index in [0.717, 1.165) is 65.5 Å². The molecule has 1 amide bonds. The second kappa shape index (κ2) is 8.26. The Morgan fingerprint density at radius 1 is 0.967 bits per heavy atom. The summed E-state index contributed by atoms with van der Waals surface area (Å²) < 4.78 is -0.0155.